The number of alkyl halides is 3. The molecule has 1 heterocycles. The minimum absolute atomic E-state index is 0. The first-order valence-corrected chi connectivity index (χ1v) is 8.66. The highest BCUT2D eigenvalue weighted by Gasteiger charge is 2.33. The van der Waals surface area contributed by atoms with E-state index in [0.29, 0.717) is 30.8 Å². The van der Waals surface area contributed by atoms with Crippen molar-refractivity contribution in [3.8, 4) is 11.5 Å². The quantitative estimate of drug-likeness (QED) is 0.657. The van der Waals surface area contributed by atoms with Crippen LogP contribution in [0, 0.1) is 0 Å². The summed E-state index contributed by atoms with van der Waals surface area (Å²) in [5.41, 5.74) is 3.80. The Bertz CT molecular complexity index is 776. The molecule has 1 aromatic rings. The van der Waals surface area contributed by atoms with Crippen LogP contribution < -0.4 is 9.47 Å². The van der Waals surface area contributed by atoms with Gasteiger partial charge in [0, 0.05) is 23.4 Å². The zero-order valence-electron chi connectivity index (χ0n) is 14.9. The van der Waals surface area contributed by atoms with Crippen LogP contribution in [0.5, 0.6) is 11.5 Å². The number of halogens is 3. The Morgan fingerprint density at radius 3 is 2.26 bits per heavy atom. The monoisotopic (exact) mass is 381 g/mol. The first-order valence-electron chi connectivity index (χ1n) is 8.66. The fourth-order valence-electron chi connectivity index (χ4n) is 3.41. The van der Waals surface area contributed by atoms with Gasteiger partial charge in [-0.3, -0.25) is 4.99 Å². The number of hydrogen-bond donors (Lipinski definition) is 0. The molecule has 1 aliphatic heterocycles. The van der Waals surface area contributed by atoms with E-state index in [0.717, 1.165) is 29.8 Å². The van der Waals surface area contributed by atoms with E-state index < -0.39 is 11.7 Å². The summed E-state index contributed by atoms with van der Waals surface area (Å²) in [6.07, 6.45) is 1.40. The highest BCUT2D eigenvalue weighted by molar-refractivity contribution is 6.03. The van der Waals surface area contributed by atoms with Crippen LogP contribution in [0.25, 0.3) is 0 Å². The molecule has 148 valence electrons. The fraction of sp³-hybridized carbons (Fsp3) is 0.476. The molecular weight excluding hydrogens is 355 g/mol. The summed E-state index contributed by atoms with van der Waals surface area (Å²) >= 11 is 0. The average Bonchev–Trinajstić information content (AvgIpc) is 2.64. The molecule has 0 radical (unpaired) electrons. The number of benzene rings is 1. The SMILES string of the molecule is C.COc1cc2c(cc1OC)C(CCC1=CC=C(C(F)(F)F)CC1)=NCC2. The Hall–Kier alpha value is -2.24. The van der Waals surface area contributed by atoms with Gasteiger partial charge in [0.2, 0.25) is 0 Å². The lowest BCUT2D eigenvalue weighted by Gasteiger charge is -2.21. The van der Waals surface area contributed by atoms with Gasteiger partial charge < -0.3 is 9.47 Å². The summed E-state index contributed by atoms with van der Waals surface area (Å²) in [4.78, 5) is 4.64. The van der Waals surface area contributed by atoms with Crippen molar-refractivity contribution < 1.29 is 22.6 Å². The molecular formula is C21H26F3NO2. The molecule has 0 aromatic heterocycles. The van der Waals surface area contributed by atoms with Crippen LogP contribution in [0.15, 0.2) is 40.4 Å². The van der Waals surface area contributed by atoms with Crippen molar-refractivity contribution in [2.45, 2.75) is 45.7 Å². The van der Waals surface area contributed by atoms with Crippen LogP contribution in [0.4, 0.5) is 13.2 Å². The van der Waals surface area contributed by atoms with Crippen LogP contribution in [0.3, 0.4) is 0 Å². The van der Waals surface area contributed by atoms with E-state index in [4.69, 9.17) is 9.47 Å². The van der Waals surface area contributed by atoms with Crippen LogP contribution in [-0.2, 0) is 6.42 Å². The van der Waals surface area contributed by atoms with Crippen LogP contribution in [0.1, 0.15) is 44.2 Å². The highest BCUT2D eigenvalue weighted by atomic mass is 19.4. The third kappa shape index (κ3) is 4.73. The molecule has 0 N–H and O–H groups in total. The Morgan fingerprint density at radius 2 is 1.67 bits per heavy atom. The number of nitrogens with zero attached hydrogens (tertiary/aromatic N) is 1. The third-order valence-corrected chi connectivity index (χ3v) is 4.89. The van der Waals surface area contributed by atoms with E-state index in [-0.39, 0.29) is 13.8 Å². The van der Waals surface area contributed by atoms with Crippen molar-refractivity contribution in [2.75, 3.05) is 20.8 Å². The number of rotatable bonds is 5. The molecule has 0 amide bonds. The van der Waals surface area contributed by atoms with Crippen LogP contribution in [0.2, 0.25) is 0 Å². The van der Waals surface area contributed by atoms with E-state index in [1.54, 1.807) is 20.3 Å². The molecule has 2 aliphatic rings. The second-order valence-electron chi connectivity index (χ2n) is 6.46. The summed E-state index contributed by atoms with van der Waals surface area (Å²) in [6, 6.07) is 3.93. The molecule has 0 spiro atoms. The Morgan fingerprint density at radius 1 is 0.963 bits per heavy atom. The molecule has 1 aliphatic carbocycles. The van der Waals surface area contributed by atoms with Crippen molar-refractivity contribution >= 4 is 5.71 Å². The summed E-state index contributed by atoms with van der Waals surface area (Å²) in [5.74, 6) is 1.36. The van der Waals surface area contributed by atoms with Crippen molar-refractivity contribution in [1.29, 1.82) is 0 Å². The zero-order chi connectivity index (χ0) is 18.7. The lowest BCUT2D eigenvalue weighted by molar-refractivity contribution is -0.0941. The average molecular weight is 381 g/mol. The highest BCUT2D eigenvalue weighted by Crippen LogP contribution is 2.35. The summed E-state index contributed by atoms with van der Waals surface area (Å²) in [6.45, 7) is 0.717. The largest absolute Gasteiger partial charge is 0.493 e. The topological polar surface area (TPSA) is 30.8 Å². The second-order valence-corrected chi connectivity index (χ2v) is 6.46. The molecule has 27 heavy (non-hydrogen) atoms. The number of fused-ring (bicyclic) bond motifs is 1. The Labute approximate surface area is 158 Å². The molecule has 0 unspecified atom stereocenters. The molecule has 1 aromatic carbocycles. The summed E-state index contributed by atoms with van der Waals surface area (Å²) < 4.78 is 48.9. The summed E-state index contributed by atoms with van der Waals surface area (Å²) in [5, 5.41) is 0. The normalized spacial score (nSPS) is 16.4. The van der Waals surface area contributed by atoms with Crippen molar-refractivity contribution in [3.05, 3.63) is 46.6 Å². The smallest absolute Gasteiger partial charge is 0.412 e. The fourth-order valence-corrected chi connectivity index (χ4v) is 3.41. The maximum absolute atomic E-state index is 12.7. The third-order valence-electron chi connectivity index (χ3n) is 4.89. The van der Waals surface area contributed by atoms with E-state index >= 15 is 0 Å². The van der Waals surface area contributed by atoms with Crippen molar-refractivity contribution in [1.82, 2.24) is 0 Å². The van der Waals surface area contributed by atoms with Crippen LogP contribution in [-0.4, -0.2) is 32.7 Å². The standard InChI is InChI=1S/C20H22F3NO2.CH4/c1-25-18-11-14-9-10-24-17(16(14)12-19(18)26-2)8-5-13-3-6-15(7-4-13)20(21,22)23;/h3,6,11-12H,4-5,7-10H2,1-2H3;1H4. The molecule has 0 saturated heterocycles. The van der Waals surface area contributed by atoms with Gasteiger partial charge in [-0.1, -0.05) is 25.2 Å². The van der Waals surface area contributed by atoms with Gasteiger partial charge in [-0.2, -0.15) is 13.2 Å². The molecule has 0 fully saturated rings. The Balaban J connectivity index is 0.00000261. The van der Waals surface area contributed by atoms with Crippen molar-refractivity contribution in [3.63, 3.8) is 0 Å². The number of hydrogen-bond acceptors (Lipinski definition) is 3. The maximum atomic E-state index is 12.7. The van der Waals surface area contributed by atoms with Crippen molar-refractivity contribution in [2.24, 2.45) is 4.99 Å². The minimum Gasteiger partial charge on any atom is -0.493 e. The second kappa shape index (κ2) is 8.63. The van der Waals surface area contributed by atoms with Gasteiger partial charge in [0.25, 0.3) is 0 Å². The number of ether oxygens (including phenoxy) is 2. The van der Waals surface area contributed by atoms with Gasteiger partial charge in [0.05, 0.1) is 14.2 Å². The Kier molecular flexibility index (Phi) is 6.73. The van der Waals surface area contributed by atoms with Gasteiger partial charge in [-0.25, -0.2) is 0 Å². The number of allylic oxidation sites excluding steroid dienone is 4. The lowest BCUT2D eigenvalue weighted by Crippen LogP contribution is -2.15. The zero-order valence-corrected chi connectivity index (χ0v) is 14.9. The molecule has 0 saturated carbocycles. The molecule has 0 bridgehead atoms. The number of aliphatic imine (C=N–C) groups is 1. The predicted octanol–water partition coefficient (Wildman–Crippen LogP) is 5.67. The molecule has 3 nitrogen and oxygen atoms in total. The van der Waals surface area contributed by atoms with Gasteiger partial charge in [0.1, 0.15) is 0 Å². The maximum Gasteiger partial charge on any atom is 0.412 e. The van der Waals surface area contributed by atoms with E-state index in [1.165, 1.54) is 11.6 Å². The van der Waals surface area contributed by atoms with Gasteiger partial charge in [0.15, 0.2) is 11.5 Å². The minimum atomic E-state index is -4.22. The summed E-state index contributed by atoms with van der Waals surface area (Å²) in [7, 11) is 3.21. The first kappa shape index (κ1) is 21.1. The van der Waals surface area contributed by atoms with E-state index in [2.05, 4.69) is 4.99 Å². The van der Waals surface area contributed by atoms with Gasteiger partial charge in [-0.15, -0.1) is 0 Å². The molecule has 0 atom stereocenters. The van der Waals surface area contributed by atoms with Gasteiger partial charge >= 0.3 is 6.18 Å². The van der Waals surface area contributed by atoms with E-state index in [1.807, 2.05) is 12.1 Å². The predicted molar refractivity (Wildman–Crippen MR) is 102 cm³/mol. The molecule has 6 heteroatoms. The van der Waals surface area contributed by atoms with Gasteiger partial charge in [-0.05, 0) is 49.8 Å². The van der Waals surface area contributed by atoms with Crippen LogP contribution >= 0.6 is 0 Å². The number of methoxy groups -OCH3 is 2. The molecule has 3 rings (SSSR count). The van der Waals surface area contributed by atoms with E-state index in [9.17, 15) is 13.2 Å². The lowest BCUT2D eigenvalue weighted by atomic mass is 9.90. The first-order chi connectivity index (χ1) is 12.4.